The van der Waals surface area contributed by atoms with Crippen LogP contribution in [-0.2, 0) is 6.54 Å². The number of carbonyl (C=O) groups is 1. The van der Waals surface area contributed by atoms with E-state index in [0.717, 1.165) is 22.6 Å². The number of para-hydroxylation sites is 1. The second-order valence-electron chi connectivity index (χ2n) is 5.56. The molecule has 0 aliphatic rings. The van der Waals surface area contributed by atoms with Crippen LogP contribution in [0.15, 0.2) is 54.6 Å². The van der Waals surface area contributed by atoms with Gasteiger partial charge in [-0.25, -0.2) is 4.68 Å². The molecule has 1 amide bonds. The van der Waals surface area contributed by atoms with Crippen LogP contribution in [-0.4, -0.2) is 15.7 Å². The molecular weight excluding hydrogens is 322 g/mol. The van der Waals surface area contributed by atoms with Crippen molar-refractivity contribution in [1.82, 2.24) is 15.1 Å². The molecule has 3 aromatic rings. The minimum Gasteiger partial charge on any atom is -0.348 e. The van der Waals surface area contributed by atoms with E-state index in [-0.39, 0.29) is 5.91 Å². The van der Waals surface area contributed by atoms with Crippen molar-refractivity contribution >= 4 is 17.5 Å². The number of carbonyl (C=O) groups excluding carboxylic acids is 1. The second-order valence-corrected chi connectivity index (χ2v) is 5.97. The molecule has 1 heterocycles. The van der Waals surface area contributed by atoms with Crippen LogP contribution >= 0.6 is 11.6 Å². The molecule has 0 unspecified atom stereocenters. The summed E-state index contributed by atoms with van der Waals surface area (Å²) in [6.45, 7) is 4.36. The number of amides is 1. The fraction of sp³-hybridized carbons (Fsp3) is 0.158. The third-order valence-electron chi connectivity index (χ3n) is 3.99. The summed E-state index contributed by atoms with van der Waals surface area (Å²) in [5.41, 5.74) is 4.40. The van der Waals surface area contributed by atoms with Gasteiger partial charge in [0.15, 0.2) is 0 Å². The smallest absolute Gasteiger partial charge is 0.253 e. The monoisotopic (exact) mass is 339 g/mol. The van der Waals surface area contributed by atoms with Gasteiger partial charge in [-0.1, -0.05) is 41.9 Å². The molecule has 3 rings (SSSR count). The standard InChI is InChI=1S/C19H18ClN3O/c1-13-17(12-21-19(24)16-10-6-7-11-18(16)20)14(2)23(22-13)15-8-4-3-5-9-15/h3-11H,12H2,1-2H3,(H,21,24). The van der Waals surface area contributed by atoms with E-state index in [9.17, 15) is 4.79 Å². The van der Waals surface area contributed by atoms with E-state index < -0.39 is 0 Å². The molecule has 0 fully saturated rings. The summed E-state index contributed by atoms with van der Waals surface area (Å²) in [5.74, 6) is -0.188. The summed E-state index contributed by atoms with van der Waals surface area (Å²) in [6.07, 6.45) is 0. The molecule has 0 bridgehead atoms. The van der Waals surface area contributed by atoms with Gasteiger partial charge in [-0.15, -0.1) is 0 Å². The first-order valence-corrected chi connectivity index (χ1v) is 8.09. The molecule has 0 aliphatic carbocycles. The minimum absolute atomic E-state index is 0.188. The number of rotatable bonds is 4. The Morgan fingerprint density at radius 3 is 2.46 bits per heavy atom. The normalized spacial score (nSPS) is 10.6. The number of halogens is 1. The lowest BCUT2D eigenvalue weighted by atomic mass is 10.1. The number of hydrogen-bond donors (Lipinski definition) is 1. The van der Waals surface area contributed by atoms with E-state index in [1.54, 1.807) is 24.3 Å². The molecule has 5 heteroatoms. The lowest BCUT2D eigenvalue weighted by Crippen LogP contribution is -2.23. The predicted molar refractivity (Wildman–Crippen MR) is 95.7 cm³/mol. The highest BCUT2D eigenvalue weighted by molar-refractivity contribution is 6.33. The van der Waals surface area contributed by atoms with Crippen molar-refractivity contribution in [2.24, 2.45) is 0 Å². The predicted octanol–water partition coefficient (Wildman–Crippen LogP) is 4.07. The largest absolute Gasteiger partial charge is 0.348 e. The van der Waals surface area contributed by atoms with Crippen LogP contribution in [0.2, 0.25) is 5.02 Å². The zero-order valence-corrected chi connectivity index (χ0v) is 14.3. The Kier molecular flexibility index (Phi) is 4.67. The summed E-state index contributed by atoms with van der Waals surface area (Å²) in [4.78, 5) is 12.3. The fourth-order valence-corrected chi connectivity index (χ4v) is 2.88. The van der Waals surface area contributed by atoms with E-state index in [0.29, 0.717) is 17.1 Å². The maximum atomic E-state index is 12.3. The average molecular weight is 340 g/mol. The number of aromatic nitrogens is 2. The first-order valence-electron chi connectivity index (χ1n) is 7.71. The fourth-order valence-electron chi connectivity index (χ4n) is 2.66. The highest BCUT2D eigenvalue weighted by atomic mass is 35.5. The zero-order chi connectivity index (χ0) is 17.1. The quantitative estimate of drug-likeness (QED) is 0.778. The highest BCUT2D eigenvalue weighted by Crippen LogP contribution is 2.19. The summed E-state index contributed by atoms with van der Waals surface area (Å²) in [7, 11) is 0. The zero-order valence-electron chi connectivity index (χ0n) is 13.6. The maximum Gasteiger partial charge on any atom is 0.253 e. The van der Waals surface area contributed by atoms with Crippen LogP contribution in [0.25, 0.3) is 5.69 Å². The van der Waals surface area contributed by atoms with Gasteiger partial charge in [0.25, 0.3) is 5.91 Å². The Morgan fingerprint density at radius 2 is 1.75 bits per heavy atom. The molecule has 1 N–H and O–H groups in total. The van der Waals surface area contributed by atoms with Gasteiger partial charge < -0.3 is 5.32 Å². The first kappa shape index (κ1) is 16.3. The van der Waals surface area contributed by atoms with Gasteiger partial charge >= 0.3 is 0 Å². The highest BCUT2D eigenvalue weighted by Gasteiger charge is 2.15. The summed E-state index contributed by atoms with van der Waals surface area (Å²) >= 11 is 6.07. The number of nitrogens with one attached hydrogen (secondary N) is 1. The summed E-state index contributed by atoms with van der Waals surface area (Å²) in [5, 5.41) is 7.96. The van der Waals surface area contributed by atoms with Crippen molar-refractivity contribution in [3.63, 3.8) is 0 Å². The van der Waals surface area contributed by atoms with E-state index in [2.05, 4.69) is 10.4 Å². The molecule has 0 saturated carbocycles. The van der Waals surface area contributed by atoms with Gasteiger partial charge in [-0.05, 0) is 38.1 Å². The van der Waals surface area contributed by atoms with Crippen molar-refractivity contribution in [3.05, 3.63) is 82.1 Å². The Hall–Kier alpha value is -2.59. The molecule has 4 nitrogen and oxygen atoms in total. The lowest BCUT2D eigenvalue weighted by molar-refractivity contribution is 0.0951. The topological polar surface area (TPSA) is 46.9 Å². The molecule has 1 aromatic heterocycles. The van der Waals surface area contributed by atoms with E-state index in [4.69, 9.17) is 11.6 Å². The molecule has 0 spiro atoms. The van der Waals surface area contributed by atoms with Crippen molar-refractivity contribution in [2.75, 3.05) is 0 Å². The first-order chi connectivity index (χ1) is 11.6. The number of hydrogen-bond acceptors (Lipinski definition) is 2. The Morgan fingerprint density at radius 1 is 1.08 bits per heavy atom. The summed E-state index contributed by atoms with van der Waals surface area (Å²) < 4.78 is 1.90. The Labute approximate surface area is 146 Å². The Balaban J connectivity index is 1.80. The van der Waals surface area contributed by atoms with Crippen molar-refractivity contribution in [2.45, 2.75) is 20.4 Å². The average Bonchev–Trinajstić information content (AvgIpc) is 2.88. The van der Waals surface area contributed by atoms with Crippen molar-refractivity contribution in [3.8, 4) is 5.69 Å². The number of nitrogens with zero attached hydrogens (tertiary/aromatic N) is 2. The van der Waals surface area contributed by atoms with Gasteiger partial charge in [0.1, 0.15) is 0 Å². The van der Waals surface area contributed by atoms with Gasteiger partial charge in [-0.3, -0.25) is 4.79 Å². The molecular formula is C19H18ClN3O. The van der Waals surface area contributed by atoms with Gasteiger partial charge in [0.2, 0.25) is 0 Å². The molecule has 0 radical (unpaired) electrons. The van der Waals surface area contributed by atoms with Crippen molar-refractivity contribution < 1.29 is 4.79 Å². The summed E-state index contributed by atoms with van der Waals surface area (Å²) in [6, 6.07) is 17.0. The van der Waals surface area contributed by atoms with E-state index in [1.165, 1.54) is 0 Å². The van der Waals surface area contributed by atoms with E-state index >= 15 is 0 Å². The molecule has 0 aliphatic heterocycles. The van der Waals surface area contributed by atoms with Crippen LogP contribution < -0.4 is 5.32 Å². The molecule has 2 aromatic carbocycles. The number of benzene rings is 2. The second kappa shape index (κ2) is 6.89. The molecule has 0 saturated heterocycles. The third-order valence-corrected chi connectivity index (χ3v) is 4.32. The van der Waals surface area contributed by atoms with Gasteiger partial charge in [0, 0.05) is 17.8 Å². The van der Waals surface area contributed by atoms with Gasteiger partial charge in [0.05, 0.1) is 22.0 Å². The Bertz CT molecular complexity index is 872. The van der Waals surface area contributed by atoms with Crippen LogP contribution in [0, 0.1) is 13.8 Å². The maximum absolute atomic E-state index is 12.3. The molecule has 24 heavy (non-hydrogen) atoms. The van der Waals surface area contributed by atoms with E-state index in [1.807, 2.05) is 48.9 Å². The minimum atomic E-state index is -0.188. The van der Waals surface area contributed by atoms with Gasteiger partial charge in [-0.2, -0.15) is 5.10 Å². The van der Waals surface area contributed by atoms with Crippen LogP contribution in [0.1, 0.15) is 27.3 Å². The van der Waals surface area contributed by atoms with Crippen LogP contribution in [0.3, 0.4) is 0 Å². The SMILES string of the molecule is Cc1nn(-c2ccccc2)c(C)c1CNC(=O)c1ccccc1Cl. The molecule has 122 valence electrons. The lowest BCUT2D eigenvalue weighted by Gasteiger charge is -2.08. The molecule has 0 atom stereocenters. The van der Waals surface area contributed by atoms with Crippen LogP contribution in [0.4, 0.5) is 0 Å². The third kappa shape index (κ3) is 3.19. The van der Waals surface area contributed by atoms with Crippen LogP contribution in [0.5, 0.6) is 0 Å². The van der Waals surface area contributed by atoms with Crippen molar-refractivity contribution in [1.29, 1.82) is 0 Å². The number of aryl methyl sites for hydroxylation is 1.